The minimum absolute atomic E-state index is 0. The fourth-order valence-corrected chi connectivity index (χ4v) is 3.54. The average molecular weight is 541 g/mol. The molecule has 0 spiro atoms. The Bertz CT molecular complexity index is 849. The number of likely N-dealkylation sites (tertiary alicyclic amines) is 1. The molecule has 2 N–H and O–H groups in total. The van der Waals surface area contributed by atoms with Gasteiger partial charge in [-0.05, 0) is 56.5 Å². The van der Waals surface area contributed by atoms with E-state index in [0.29, 0.717) is 30.3 Å². The van der Waals surface area contributed by atoms with Gasteiger partial charge in [-0.25, -0.2) is 9.38 Å². The van der Waals surface area contributed by atoms with E-state index in [0.717, 1.165) is 31.2 Å². The molecule has 3 rings (SSSR count). The van der Waals surface area contributed by atoms with Gasteiger partial charge in [-0.2, -0.15) is 0 Å². The first-order valence-corrected chi connectivity index (χ1v) is 10.6. The number of nitrogens with zero attached hydrogens (tertiary/aromatic N) is 3. The molecule has 2 atom stereocenters. The van der Waals surface area contributed by atoms with Gasteiger partial charge < -0.3 is 15.4 Å². The Kier molecular flexibility index (Phi) is 9.95. The molecule has 2 unspecified atom stereocenters. The van der Waals surface area contributed by atoms with Gasteiger partial charge in [-0.3, -0.25) is 9.88 Å². The van der Waals surface area contributed by atoms with E-state index in [1.54, 1.807) is 30.6 Å². The fraction of sp³-hybridized carbons (Fsp3) is 0.478. The molecule has 1 saturated heterocycles. The Balaban J connectivity index is 0.00000341. The smallest absolute Gasteiger partial charge is 0.191 e. The molecule has 0 bridgehead atoms. The van der Waals surface area contributed by atoms with Crippen LogP contribution in [-0.4, -0.2) is 47.6 Å². The molecule has 31 heavy (non-hydrogen) atoms. The van der Waals surface area contributed by atoms with E-state index in [2.05, 4.69) is 46.3 Å². The maximum atomic E-state index is 14.5. The molecule has 1 aliphatic heterocycles. The number of nitrogens with one attached hydrogen (secondary N) is 2. The summed E-state index contributed by atoms with van der Waals surface area (Å²) in [6.45, 7) is 12.0. The Morgan fingerprint density at radius 2 is 2.13 bits per heavy atom. The van der Waals surface area contributed by atoms with Gasteiger partial charge in [0.25, 0.3) is 0 Å². The highest BCUT2D eigenvalue weighted by atomic mass is 127. The van der Waals surface area contributed by atoms with Crippen LogP contribution in [0.2, 0.25) is 0 Å². The molecule has 2 heterocycles. The second-order valence-electron chi connectivity index (χ2n) is 8.03. The molecule has 6 nitrogen and oxygen atoms in total. The fourth-order valence-electron chi connectivity index (χ4n) is 3.54. The van der Waals surface area contributed by atoms with Crippen LogP contribution >= 0.6 is 24.0 Å². The van der Waals surface area contributed by atoms with Crippen molar-refractivity contribution < 1.29 is 9.13 Å². The first-order chi connectivity index (χ1) is 14.5. The summed E-state index contributed by atoms with van der Waals surface area (Å²) < 4.78 is 20.0. The predicted molar refractivity (Wildman–Crippen MR) is 134 cm³/mol. The summed E-state index contributed by atoms with van der Waals surface area (Å²) in [6.07, 6.45) is 3.20. The quantitative estimate of drug-likeness (QED) is 0.309. The molecule has 0 aliphatic carbocycles. The molecule has 1 aromatic heterocycles. The third kappa shape index (κ3) is 7.31. The van der Waals surface area contributed by atoms with Crippen LogP contribution in [0.25, 0.3) is 0 Å². The minimum atomic E-state index is -0.415. The van der Waals surface area contributed by atoms with Crippen molar-refractivity contribution in [1.82, 2.24) is 20.5 Å². The van der Waals surface area contributed by atoms with Gasteiger partial charge >= 0.3 is 0 Å². The van der Waals surface area contributed by atoms with E-state index in [9.17, 15) is 4.39 Å². The van der Waals surface area contributed by atoms with Gasteiger partial charge in [0.2, 0.25) is 0 Å². The first kappa shape index (κ1) is 25.3. The highest BCUT2D eigenvalue weighted by molar-refractivity contribution is 14.0. The molecule has 8 heteroatoms. The topological polar surface area (TPSA) is 61.8 Å². The lowest BCUT2D eigenvalue weighted by Gasteiger charge is -2.22. The van der Waals surface area contributed by atoms with Crippen LogP contribution in [0.3, 0.4) is 0 Å². The molecule has 1 fully saturated rings. The van der Waals surface area contributed by atoms with Crippen LogP contribution in [0.5, 0.6) is 11.5 Å². The van der Waals surface area contributed by atoms with E-state index in [1.807, 2.05) is 13.0 Å². The normalized spacial score (nSPS) is 19.2. The van der Waals surface area contributed by atoms with E-state index < -0.39 is 5.82 Å². The lowest BCUT2D eigenvalue weighted by atomic mass is 10.1. The summed E-state index contributed by atoms with van der Waals surface area (Å²) >= 11 is 0. The second-order valence-corrected chi connectivity index (χ2v) is 8.03. The maximum absolute atomic E-state index is 14.5. The van der Waals surface area contributed by atoms with Crippen molar-refractivity contribution in [1.29, 1.82) is 0 Å². The van der Waals surface area contributed by atoms with Crippen LogP contribution in [-0.2, 0) is 6.54 Å². The van der Waals surface area contributed by atoms with Crippen molar-refractivity contribution in [3.8, 4) is 11.5 Å². The van der Waals surface area contributed by atoms with Crippen LogP contribution < -0.4 is 15.4 Å². The summed E-state index contributed by atoms with van der Waals surface area (Å²) in [5.74, 6) is 1.56. The maximum Gasteiger partial charge on any atom is 0.191 e. The number of aliphatic imine (C=N–C) groups is 1. The monoisotopic (exact) mass is 541 g/mol. The third-order valence-corrected chi connectivity index (χ3v) is 5.32. The summed E-state index contributed by atoms with van der Waals surface area (Å²) in [4.78, 5) is 11.1. The van der Waals surface area contributed by atoms with E-state index >= 15 is 0 Å². The standard InChI is InChI=1S/C23H32FN5O.HI/c1-5-26-23(28-21-15-29(16(2)3)14-17(21)4)27-12-18-8-9-22(20(24)11-18)30-19-7-6-10-25-13-19;/h6-11,13,16-17,21H,5,12,14-15H2,1-4H3,(H2,26,27,28);1H. The number of rotatable bonds is 7. The molecule has 0 saturated carbocycles. The molecule has 170 valence electrons. The van der Waals surface area contributed by atoms with Gasteiger partial charge in [-0.1, -0.05) is 13.0 Å². The summed E-state index contributed by atoms with van der Waals surface area (Å²) in [5, 5.41) is 6.85. The van der Waals surface area contributed by atoms with Crippen LogP contribution in [0, 0.1) is 11.7 Å². The van der Waals surface area contributed by atoms with Crippen molar-refractivity contribution in [2.75, 3.05) is 19.6 Å². The van der Waals surface area contributed by atoms with Crippen molar-refractivity contribution >= 4 is 29.9 Å². The highest BCUT2D eigenvalue weighted by Crippen LogP contribution is 2.24. The molecular formula is C23H33FIN5O. The Morgan fingerprint density at radius 1 is 1.32 bits per heavy atom. The predicted octanol–water partition coefficient (Wildman–Crippen LogP) is 4.41. The van der Waals surface area contributed by atoms with E-state index in [4.69, 9.17) is 4.74 Å². The third-order valence-electron chi connectivity index (χ3n) is 5.32. The molecule has 1 aliphatic rings. The average Bonchev–Trinajstić information content (AvgIpc) is 3.10. The first-order valence-electron chi connectivity index (χ1n) is 10.6. The van der Waals surface area contributed by atoms with E-state index in [-0.39, 0.29) is 29.7 Å². The highest BCUT2D eigenvalue weighted by Gasteiger charge is 2.31. The number of pyridine rings is 1. The molecule has 2 aromatic rings. The molecule has 0 radical (unpaired) electrons. The van der Waals surface area contributed by atoms with Gasteiger partial charge in [0.1, 0.15) is 5.75 Å². The SMILES string of the molecule is CCNC(=NCc1ccc(Oc2cccnc2)c(F)c1)NC1CN(C(C)C)CC1C.I. The Morgan fingerprint density at radius 3 is 2.74 bits per heavy atom. The zero-order valence-electron chi connectivity index (χ0n) is 18.6. The minimum Gasteiger partial charge on any atom is -0.453 e. The number of halogens is 2. The van der Waals surface area contributed by atoms with Crippen LogP contribution in [0.15, 0.2) is 47.7 Å². The number of benzene rings is 1. The number of ether oxygens (including phenoxy) is 1. The number of hydrogen-bond donors (Lipinski definition) is 2. The van der Waals surface area contributed by atoms with Crippen molar-refractivity contribution in [3.63, 3.8) is 0 Å². The zero-order valence-corrected chi connectivity index (χ0v) is 21.0. The van der Waals surface area contributed by atoms with Crippen LogP contribution in [0.1, 0.15) is 33.3 Å². The van der Waals surface area contributed by atoms with Gasteiger partial charge in [0, 0.05) is 37.9 Å². The number of guanidine groups is 1. The van der Waals surface area contributed by atoms with Crippen molar-refractivity contribution in [2.45, 2.75) is 46.3 Å². The van der Waals surface area contributed by atoms with E-state index in [1.165, 1.54) is 6.07 Å². The number of aromatic nitrogens is 1. The Hall–Kier alpha value is -1.94. The lowest BCUT2D eigenvalue weighted by Crippen LogP contribution is -2.46. The molecule has 0 amide bonds. The lowest BCUT2D eigenvalue weighted by molar-refractivity contribution is 0.265. The Labute approximate surface area is 201 Å². The second kappa shape index (κ2) is 12.2. The van der Waals surface area contributed by atoms with Gasteiger partial charge in [-0.15, -0.1) is 24.0 Å². The van der Waals surface area contributed by atoms with Crippen molar-refractivity contribution in [3.05, 3.63) is 54.1 Å². The van der Waals surface area contributed by atoms with Gasteiger partial charge in [0.05, 0.1) is 12.7 Å². The van der Waals surface area contributed by atoms with Crippen LogP contribution in [0.4, 0.5) is 4.39 Å². The largest absolute Gasteiger partial charge is 0.453 e. The number of hydrogen-bond acceptors (Lipinski definition) is 4. The summed E-state index contributed by atoms with van der Waals surface area (Å²) in [5.41, 5.74) is 0.784. The van der Waals surface area contributed by atoms with Gasteiger partial charge in [0.15, 0.2) is 17.5 Å². The summed E-state index contributed by atoms with van der Waals surface area (Å²) in [6, 6.07) is 9.30. The molecular weight excluding hydrogens is 508 g/mol. The zero-order chi connectivity index (χ0) is 21.5. The molecule has 1 aromatic carbocycles. The summed E-state index contributed by atoms with van der Waals surface area (Å²) in [7, 11) is 0. The van der Waals surface area contributed by atoms with Crippen molar-refractivity contribution in [2.24, 2.45) is 10.9 Å².